The maximum atomic E-state index is 5.65. The van der Waals surface area contributed by atoms with E-state index in [1.165, 1.54) is 32.4 Å². The molecule has 0 aliphatic carbocycles. The highest BCUT2D eigenvalue weighted by molar-refractivity contribution is 5.85. The number of hydrogen-bond donors (Lipinski definition) is 1. The molecule has 2 fully saturated rings. The predicted molar refractivity (Wildman–Crippen MR) is 69.3 cm³/mol. The molecule has 0 aromatic rings. The quantitative estimate of drug-likeness (QED) is 0.819. The van der Waals surface area contributed by atoms with E-state index >= 15 is 0 Å². The van der Waals surface area contributed by atoms with E-state index in [1.807, 2.05) is 0 Å². The van der Waals surface area contributed by atoms with E-state index in [1.54, 1.807) is 0 Å². The molecule has 3 nitrogen and oxygen atoms in total. The van der Waals surface area contributed by atoms with Gasteiger partial charge in [-0.25, -0.2) is 0 Å². The molecule has 96 valence electrons. The lowest BCUT2D eigenvalue weighted by molar-refractivity contribution is 0.0488. The highest BCUT2D eigenvalue weighted by atomic mass is 35.5. The zero-order valence-corrected chi connectivity index (χ0v) is 11.3. The molecule has 0 aromatic heterocycles. The largest absolute Gasteiger partial charge is 0.377 e. The van der Waals surface area contributed by atoms with Crippen molar-refractivity contribution in [2.24, 2.45) is 0 Å². The third-order valence-electron chi connectivity index (χ3n) is 3.61. The van der Waals surface area contributed by atoms with Crippen LogP contribution in [0, 0.1) is 0 Å². The van der Waals surface area contributed by atoms with Crippen molar-refractivity contribution in [1.82, 2.24) is 10.2 Å². The van der Waals surface area contributed by atoms with Crippen LogP contribution in [-0.4, -0.2) is 49.3 Å². The van der Waals surface area contributed by atoms with Crippen molar-refractivity contribution in [1.29, 1.82) is 0 Å². The van der Waals surface area contributed by atoms with Gasteiger partial charge in [0, 0.05) is 25.2 Å². The van der Waals surface area contributed by atoms with Crippen molar-refractivity contribution in [3.63, 3.8) is 0 Å². The monoisotopic (exact) mass is 248 g/mol. The molecule has 2 aliphatic rings. The fourth-order valence-corrected chi connectivity index (χ4v) is 2.84. The van der Waals surface area contributed by atoms with Crippen LogP contribution in [0.1, 0.15) is 33.1 Å². The second-order valence-corrected chi connectivity index (χ2v) is 5.04. The molecule has 4 heteroatoms. The van der Waals surface area contributed by atoms with Gasteiger partial charge < -0.3 is 10.1 Å². The molecule has 0 aromatic carbocycles. The smallest absolute Gasteiger partial charge is 0.0597 e. The number of halogens is 1. The standard InChI is InChI=1S/C12H24N2O.ClH/c1-10(2)15-8-7-14-11-3-4-12(14)9-13-6-5-11;/h10-13H,3-9H2,1-2H3;1H. The molecule has 0 amide bonds. The molecule has 2 saturated heterocycles. The van der Waals surface area contributed by atoms with Gasteiger partial charge in [0.15, 0.2) is 0 Å². The van der Waals surface area contributed by atoms with E-state index in [2.05, 4.69) is 24.1 Å². The molecule has 0 radical (unpaired) electrons. The van der Waals surface area contributed by atoms with Crippen LogP contribution in [0.5, 0.6) is 0 Å². The Kier molecular flexibility index (Phi) is 6.05. The summed E-state index contributed by atoms with van der Waals surface area (Å²) < 4.78 is 5.65. The van der Waals surface area contributed by atoms with Crippen LogP contribution < -0.4 is 5.32 Å². The SMILES string of the molecule is CC(C)OCCN1C2CCNCC1CC2.Cl. The van der Waals surface area contributed by atoms with Crippen LogP contribution in [0.15, 0.2) is 0 Å². The molecule has 2 heterocycles. The highest BCUT2D eigenvalue weighted by Crippen LogP contribution is 2.27. The topological polar surface area (TPSA) is 24.5 Å². The van der Waals surface area contributed by atoms with Crippen molar-refractivity contribution in [3.05, 3.63) is 0 Å². The lowest BCUT2D eigenvalue weighted by atomic mass is 10.1. The Morgan fingerprint density at radius 2 is 2.00 bits per heavy atom. The molecule has 2 atom stereocenters. The molecular formula is C12H25ClN2O. The summed E-state index contributed by atoms with van der Waals surface area (Å²) in [6, 6.07) is 1.59. The van der Waals surface area contributed by atoms with Gasteiger partial charge in [-0.15, -0.1) is 12.4 Å². The van der Waals surface area contributed by atoms with Gasteiger partial charge in [0.25, 0.3) is 0 Å². The van der Waals surface area contributed by atoms with Crippen molar-refractivity contribution in [2.45, 2.75) is 51.3 Å². The number of rotatable bonds is 4. The van der Waals surface area contributed by atoms with Crippen LogP contribution in [0.2, 0.25) is 0 Å². The van der Waals surface area contributed by atoms with Gasteiger partial charge in [0.1, 0.15) is 0 Å². The minimum absolute atomic E-state index is 0. The molecule has 16 heavy (non-hydrogen) atoms. The summed E-state index contributed by atoms with van der Waals surface area (Å²) >= 11 is 0. The molecule has 1 N–H and O–H groups in total. The summed E-state index contributed by atoms with van der Waals surface area (Å²) in [5.41, 5.74) is 0. The van der Waals surface area contributed by atoms with E-state index in [9.17, 15) is 0 Å². The first-order chi connectivity index (χ1) is 7.27. The molecule has 0 saturated carbocycles. The summed E-state index contributed by atoms with van der Waals surface area (Å²) in [6.45, 7) is 8.61. The normalized spacial score (nSPS) is 30.2. The average molecular weight is 249 g/mol. The van der Waals surface area contributed by atoms with Gasteiger partial charge in [0.2, 0.25) is 0 Å². The Bertz CT molecular complexity index is 187. The lowest BCUT2D eigenvalue weighted by Gasteiger charge is -2.27. The van der Waals surface area contributed by atoms with Crippen LogP contribution in [0.4, 0.5) is 0 Å². The number of nitrogens with zero attached hydrogens (tertiary/aromatic N) is 1. The minimum Gasteiger partial charge on any atom is -0.377 e. The fraction of sp³-hybridized carbons (Fsp3) is 1.00. The average Bonchev–Trinajstić information content (AvgIpc) is 2.39. The van der Waals surface area contributed by atoms with Crippen molar-refractivity contribution in [3.8, 4) is 0 Å². The molecule has 2 rings (SSSR count). The van der Waals surface area contributed by atoms with E-state index in [-0.39, 0.29) is 12.4 Å². The van der Waals surface area contributed by atoms with Gasteiger partial charge in [-0.05, 0) is 39.7 Å². The summed E-state index contributed by atoms with van der Waals surface area (Å²) in [7, 11) is 0. The Morgan fingerprint density at radius 1 is 1.25 bits per heavy atom. The third kappa shape index (κ3) is 3.59. The van der Waals surface area contributed by atoms with Crippen LogP contribution in [0.25, 0.3) is 0 Å². The van der Waals surface area contributed by atoms with Crippen molar-refractivity contribution in [2.75, 3.05) is 26.2 Å². The van der Waals surface area contributed by atoms with Gasteiger partial charge >= 0.3 is 0 Å². The van der Waals surface area contributed by atoms with E-state index in [0.29, 0.717) is 6.10 Å². The predicted octanol–water partition coefficient (Wildman–Crippen LogP) is 1.66. The van der Waals surface area contributed by atoms with Gasteiger partial charge in [0.05, 0.1) is 12.7 Å². The van der Waals surface area contributed by atoms with E-state index in [0.717, 1.165) is 25.2 Å². The minimum atomic E-state index is 0. The van der Waals surface area contributed by atoms with Gasteiger partial charge in [-0.2, -0.15) is 0 Å². The van der Waals surface area contributed by atoms with Crippen molar-refractivity contribution >= 4 is 12.4 Å². The van der Waals surface area contributed by atoms with Crippen LogP contribution in [-0.2, 0) is 4.74 Å². The summed E-state index contributed by atoms with van der Waals surface area (Å²) in [5, 5.41) is 3.53. The Hall–Kier alpha value is 0.170. The number of hydrogen-bond acceptors (Lipinski definition) is 3. The summed E-state index contributed by atoms with van der Waals surface area (Å²) in [5.74, 6) is 0. The first-order valence-corrected chi connectivity index (χ1v) is 6.35. The molecule has 2 bridgehead atoms. The van der Waals surface area contributed by atoms with E-state index < -0.39 is 0 Å². The summed E-state index contributed by atoms with van der Waals surface area (Å²) in [6.07, 6.45) is 4.46. The summed E-state index contributed by atoms with van der Waals surface area (Å²) in [4.78, 5) is 2.67. The maximum Gasteiger partial charge on any atom is 0.0597 e. The Morgan fingerprint density at radius 3 is 2.75 bits per heavy atom. The number of nitrogens with one attached hydrogen (secondary N) is 1. The van der Waals surface area contributed by atoms with Gasteiger partial charge in [-0.3, -0.25) is 4.90 Å². The Balaban J connectivity index is 0.00000128. The second kappa shape index (κ2) is 6.80. The van der Waals surface area contributed by atoms with Crippen LogP contribution in [0.3, 0.4) is 0 Å². The molecular weight excluding hydrogens is 224 g/mol. The third-order valence-corrected chi connectivity index (χ3v) is 3.61. The molecule has 2 unspecified atom stereocenters. The first-order valence-electron chi connectivity index (χ1n) is 6.35. The van der Waals surface area contributed by atoms with E-state index in [4.69, 9.17) is 4.74 Å². The molecule has 0 spiro atoms. The maximum absolute atomic E-state index is 5.65. The number of fused-ring (bicyclic) bond motifs is 2. The fourth-order valence-electron chi connectivity index (χ4n) is 2.84. The zero-order valence-electron chi connectivity index (χ0n) is 10.4. The van der Waals surface area contributed by atoms with Crippen molar-refractivity contribution < 1.29 is 4.74 Å². The Labute approximate surface area is 105 Å². The zero-order chi connectivity index (χ0) is 10.7. The lowest BCUT2D eigenvalue weighted by Crippen LogP contribution is -2.40. The first kappa shape index (κ1) is 14.2. The highest BCUT2D eigenvalue weighted by Gasteiger charge is 2.34. The molecule has 2 aliphatic heterocycles. The van der Waals surface area contributed by atoms with Crippen LogP contribution >= 0.6 is 12.4 Å². The van der Waals surface area contributed by atoms with Gasteiger partial charge in [-0.1, -0.05) is 0 Å². The second-order valence-electron chi connectivity index (χ2n) is 5.04. The number of ether oxygens (including phenoxy) is 1.